The minimum absolute atomic E-state index is 0.172. The Morgan fingerprint density at radius 1 is 1.12 bits per heavy atom. The van der Waals surface area contributed by atoms with E-state index in [1.54, 1.807) is 22.8 Å². The largest absolute Gasteiger partial charge is 0.291 e. The van der Waals surface area contributed by atoms with E-state index in [-0.39, 0.29) is 11.1 Å². The van der Waals surface area contributed by atoms with Crippen LogP contribution < -0.4 is 11.1 Å². The van der Waals surface area contributed by atoms with E-state index in [1.807, 2.05) is 0 Å². The summed E-state index contributed by atoms with van der Waals surface area (Å²) in [5, 5.41) is 11.9. The molecule has 0 bridgehead atoms. The van der Waals surface area contributed by atoms with Gasteiger partial charge in [0.15, 0.2) is 10.3 Å². The molecule has 4 heterocycles. The van der Waals surface area contributed by atoms with Crippen molar-refractivity contribution < 1.29 is 0 Å². The molecule has 0 unspecified atom stereocenters. The molecule has 4 aromatic rings. The molecule has 12 heteroatoms. The maximum Gasteiger partial charge on any atom is 0.273 e. The van der Waals surface area contributed by atoms with Gasteiger partial charge in [-0.25, -0.2) is 14.8 Å². The van der Waals surface area contributed by atoms with Gasteiger partial charge in [0.1, 0.15) is 0 Å². The number of fused-ring (bicyclic) bond motifs is 2. The Hall–Kier alpha value is -2.86. The van der Waals surface area contributed by atoms with E-state index in [4.69, 9.17) is 24.4 Å². The molecule has 124 valence electrons. The Bertz CT molecular complexity index is 1270. The minimum Gasteiger partial charge on any atom is -0.291 e. The van der Waals surface area contributed by atoms with Crippen LogP contribution >= 0.6 is 24.4 Å². The van der Waals surface area contributed by atoms with Crippen LogP contribution in [0, 0.1) is 23.3 Å². The summed E-state index contributed by atoms with van der Waals surface area (Å²) in [5.41, 5.74) is 1.57. The van der Waals surface area contributed by atoms with Crippen molar-refractivity contribution in [2.75, 3.05) is 0 Å². The first-order chi connectivity index (χ1) is 11.4. The lowest BCUT2D eigenvalue weighted by Crippen LogP contribution is -2.09. The molecule has 0 aliphatic rings. The topological polar surface area (TPSA) is 132 Å². The molecule has 0 saturated heterocycles. The summed E-state index contributed by atoms with van der Waals surface area (Å²) in [6.45, 7) is 3.60. The number of nitrogens with zero attached hydrogens (tertiary/aromatic N) is 4. The summed E-state index contributed by atoms with van der Waals surface area (Å²) in [5.74, 6) is 0.449. The average Bonchev–Trinajstić information content (AvgIpc) is 3.04. The van der Waals surface area contributed by atoms with Crippen LogP contribution in [0.4, 0.5) is 0 Å². The van der Waals surface area contributed by atoms with Crippen molar-refractivity contribution in [1.82, 2.24) is 39.4 Å². The average molecular weight is 364 g/mol. The molecule has 4 N–H and O–H groups in total. The molecule has 0 atom stereocenters. The predicted molar refractivity (Wildman–Crippen MR) is 91.5 cm³/mol. The zero-order valence-corrected chi connectivity index (χ0v) is 14.2. The fourth-order valence-electron chi connectivity index (χ4n) is 2.16. The molecule has 0 spiro atoms. The van der Waals surface area contributed by atoms with Gasteiger partial charge < -0.3 is 0 Å². The zero-order valence-electron chi connectivity index (χ0n) is 12.6. The van der Waals surface area contributed by atoms with Crippen molar-refractivity contribution in [1.29, 1.82) is 0 Å². The van der Waals surface area contributed by atoms with Gasteiger partial charge in [0, 0.05) is 23.5 Å². The summed E-state index contributed by atoms with van der Waals surface area (Å²) in [6, 6.07) is 2.91. The Morgan fingerprint density at radius 3 is 2.62 bits per heavy atom. The van der Waals surface area contributed by atoms with Gasteiger partial charge in [0.25, 0.3) is 11.1 Å². The van der Waals surface area contributed by atoms with Crippen LogP contribution in [-0.2, 0) is 0 Å². The second kappa shape index (κ2) is 5.98. The Labute approximate surface area is 143 Å². The van der Waals surface area contributed by atoms with Crippen LogP contribution in [0.25, 0.3) is 11.4 Å². The van der Waals surface area contributed by atoms with Crippen LogP contribution in [0.5, 0.6) is 0 Å². The van der Waals surface area contributed by atoms with Gasteiger partial charge >= 0.3 is 0 Å². The molecule has 0 amide bonds. The number of aryl methyl sites for hydroxylation is 2. The summed E-state index contributed by atoms with van der Waals surface area (Å²) in [7, 11) is 0. The zero-order chi connectivity index (χ0) is 17.4. The lowest BCUT2D eigenvalue weighted by molar-refractivity contribution is 0.814. The Kier molecular flexibility index (Phi) is 3.99. The SMILES string of the molecule is Cc1cc(=O)[nH]c2n[nH]c(=S)n12.Cc1cc(=O)nc2c(=S)[nH][nH]n12. The van der Waals surface area contributed by atoms with Gasteiger partial charge in [-0.3, -0.25) is 24.1 Å². The molecule has 0 aliphatic heterocycles. The highest BCUT2D eigenvalue weighted by molar-refractivity contribution is 7.71. The monoisotopic (exact) mass is 364 g/mol. The molecular formula is C12H12N8O2S2. The predicted octanol–water partition coefficient (Wildman–Crippen LogP) is 0.777. The van der Waals surface area contributed by atoms with E-state index in [2.05, 4.69) is 30.5 Å². The molecule has 4 rings (SSSR count). The number of hydrogen-bond donors (Lipinski definition) is 4. The third-order valence-electron chi connectivity index (χ3n) is 3.20. The maximum atomic E-state index is 11.0. The molecule has 0 fully saturated rings. The normalized spacial score (nSPS) is 10.8. The fourth-order valence-corrected chi connectivity index (χ4v) is 2.62. The molecule has 0 radical (unpaired) electrons. The van der Waals surface area contributed by atoms with E-state index >= 15 is 0 Å². The van der Waals surface area contributed by atoms with Crippen LogP contribution in [0.2, 0.25) is 0 Å². The highest BCUT2D eigenvalue weighted by atomic mass is 32.1. The fraction of sp³-hybridized carbons (Fsp3) is 0.167. The molecule has 4 aromatic heterocycles. The van der Waals surface area contributed by atoms with Gasteiger partial charge in [-0.15, -0.1) is 5.10 Å². The number of aromatic nitrogens is 8. The third-order valence-corrected chi connectivity index (χ3v) is 3.76. The van der Waals surface area contributed by atoms with Crippen LogP contribution in [0.1, 0.15) is 11.4 Å². The van der Waals surface area contributed by atoms with Crippen molar-refractivity contribution in [3.05, 3.63) is 53.6 Å². The summed E-state index contributed by atoms with van der Waals surface area (Å²) in [4.78, 5) is 28.2. The van der Waals surface area contributed by atoms with E-state index in [0.29, 0.717) is 20.8 Å². The van der Waals surface area contributed by atoms with E-state index in [0.717, 1.165) is 11.4 Å². The smallest absolute Gasteiger partial charge is 0.273 e. The van der Waals surface area contributed by atoms with Crippen molar-refractivity contribution in [2.24, 2.45) is 0 Å². The van der Waals surface area contributed by atoms with E-state index < -0.39 is 0 Å². The molecule has 0 saturated carbocycles. The second-order valence-electron chi connectivity index (χ2n) is 4.92. The lowest BCUT2D eigenvalue weighted by Gasteiger charge is -1.94. The van der Waals surface area contributed by atoms with Crippen LogP contribution in [-0.4, -0.2) is 39.4 Å². The third kappa shape index (κ3) is 2.83. The van der Waals surface area contributed by atoms with Crippen molar-refractivity contribution in [3.63, 3.8) is 0 Å². The quantitative estimate of drug-likeness (QED) is 0.341. The lowest BCUT2D eigenvalue weighted by atomic mass is 10.4. The van der Waals surface area contributed by atoms with Crippen molar-refractivity contribution in [2.45, 2.75) is 13.8 Å². The summed E-state index contributed by atoms with van der Waals surface area (Å²) in [6.07, 6.45) is 0. The summed E-state index contributed by atoms with van der Waals surface area (Å²) >= 11 is 9.84. The van der Waals surface area contributed by atoms with Gasteiger partial charge in [-0.2, -0.15) is 4.98 Å². The first kappa shape index (κ1) is 16.0. The molecular weight excluding hydrogens is 352 g/mol. The Balaban J connectivity index is 0.000000141. The summed E-state index contributed by atoms with van der Waals surface area (Å²) < 4.78 is 4.22. The molecule has 10 nitrogen and oxygen atoms in total. The Morgan fingerprint density at radius 2 is 1.88 bits per heavy atom. The van der Waals surface area contributed by atoms with Gasteiger partial charge in [-0.1, -0.05) is 12.2 Å². The molecule has 24 heavy (non-hydrogen) atoms. The number of nitrogens with one attached hydrogen (secondary N) is 4. The molecule has 0 aliphatic carbocycles. The van der Waals surface area contributed by atoms with Crippen molar-refractivity contribution in [3.8, 4) is 0 Å². The number of hydrogen-bond acceptors (Lipinski definition) is 6. The van der Waals surface area contributed by atoms with E-state index in [9.17, 15) is 9.59 Å². The minimum atomic E-state index is -0.272. The maximum absolute atomic E-state index is 11.0. The first-order valence-electron chi connectivity index (χ1n) is 6.71. The van der Waals surface area contributed by atoms with Gasteiger partial charge in [-0.05, 0) is 26.1 Å². The van der Waals surface area contributed by atoms with Crippen molar-refractivity contribution >= 4 is 35.9 Å². The number of rotatable bonds is 0. The van der Waals surface area contributed by atoms with E-state index in [1.165, 1.54) is 12.1 Å². The number of H-pyrrole nitrogens is 4. The second-order valence-corrected chi connectivity index (χ2v) is 5.72. The molecule has 0 aromatic carbocycles. The van der Waals surface area contributed by atoms with Gasteiger partial charge in [0.2, 0.25) is 10.5 Å². The highest BCUT2D eigenvalue weighted by Crippen LogP contribution is 1.98. The van der Waals surface area contributed by atoms with Crippen LogP contribution in [0.3, 0.4) is 0 Å². The first-order valence-corrected chi connectivity index (χ1v) is 7.52. The highest BCUT2D eigenvalue weighted by Gasteiger charge is 2.01. The standard InChI is InChI=1S/2C6H6N4OS/c1-3-2-4(11)7-5-8-9-6(12)10(3)5;1-3-2-4(11)7-5-6(12)8-9-10(3)5/h2H,1H3,(H,9,12)(H,7,8,11);2,9H,1H3,(H,8,12). The van der Waals surface area contributed by atoms with Gasteiger partial charge in [0.05, 0.1) is 0 Å². The van der Waals surface area contributed by atoms with Crippen LogP contribution in [0.15, 0.2) is 21.7 Å². The number of aromatic amines is 4.